The molecule has 25 heteroatoms. The number of hydrogen-bond acceptors (Lipinski definition) is 19. The van der Waals surface area contributed by atoms with E-state index < -0.39 is 97.0 Å². The zero-order valence-electron chi connectivity index (χ0n) is 39.4. The fraction of sp³-hybridized carbons (Fsp3) is 0.773. The van der Waals surface area contributed by atoms with E-state index in [1.165, 1.54) is 13.8 Å². The second kappa shape index (κ2) is 31.5. The van der Waals surface area contributed by atoms with Crippen molar-refractivity contribution in [3.05, 3.63) is 12.1 Å². The van der Waals surface area contributed by atoms with Crippen molar-refractivity contribution in [2.24, 2.45) is 0 Å². The van der Waals surface area contributed by atoms with Gasteiger partial charge in [0.05, 0.1) is 25.4 Å². The molecule has 25 nitrogen and oxygen atoms in total. The Morgan fingerprint density at radius 2 is 0.957 bits per heavy atom. The highest BCUT2D eigenvalue weighted by atomic mass is 16.7. The summed E-state index contributed by atoms with van der Waals surface area (Å²) in [7, 11) is 0. The average molecular weight is 991 g/mol. The summed E-state index contributed by atoms with van der Waals surface area (Å²) in [5.41, 5.74) is 0. The van der Waals surface area contributed by atoms with Crippen molar-refractivity contribution in [2.45, 2.75) is 178 Å². The zero-order valence-corrected chi connectivity index (χ0v) is 39.4. The Hall–Kier alpha value is -4.70. The SMILES string of the molecule is C[C@@H]1O[C@@H](OCCNC(=O)CCCCC(=O)NCCCC[C@H](NC(=O)CCCCC(=O)NCCO[C@@H]2O[C@@H](C)[C@@H](O)[C@@H](O)[C@@H]2O)C(=O)NCCCCCC(=O)On2c(O)ccc2O)[C@@H](O)[C@H](O)[C@@H]1O. The van der Waals surface area contributed by atoms with Crippen LogP contribution in [0.4, 0.5) is 0 Å². The number of rotatable bonds is 32. The molecule has 0 aromatic carbocycles. The van der Waals surface area contributed by atoms with E-state index in [1.807, 2.05) is 0 Å². The van der Waals surface area contributed by atoms with Crippen LogP contribution in [0.1, 0.15) is 110 Å². The van der Waals surface area contributed by atoms with Gasteiger partial charge in [-0.2, -0.15) is 0 Å². The number of carbonyl (C=O) groups excluding carboxylic acids is 6. The van der Waals surface area contributed by atoms with Crippen molar-refractivity contribution >= 4 is 35.5 Å². The Morgan fingerprint density at radius 3 is 1.45 bits per heavy atom. The van der Waals surface area contributed by atoms with E-state index in [-0.39, 0.29) is 89.1 Å². The maximum atomic E-state index is 13.2. The Labute approximate surface area is 400 Å². The quantitative estimate of drug-likeness (QED) is 0.0328. The lowest BCUT2D eigenvalue weighted by Crippen LogP contribution is -2.57. The second-order valence-electron chi connectivity index (χ2n) is 17.1. The van der Waals surface area contributed by atoms with Crippen LogP contribution in [0.3, 0.4) is 0 Å². The van der Waals surface area contributed by atoms with Crippen LogP contribution in [0.5, 0.6) is 11.8 Å². The molecule has 0 bridgehead atoms. The first-order chi connectivity index (χ1) is 32.9. The van der Waals surface area contributed by atoms with Gasteiger partial charge in [-0.1, -0.05) is 6.42 Å². The van der Waals surface area contributed by atoms with Gasteiger partial charge in [-0.25, -0.2) is 4.79 Å². The second-order valence-corrected chi connectivity index (χ2v) is 17.1. The van der Waals surface area contributed by atoms with Gasteiger partial charge in [-0.3, -0.25) is 24.0 Å². The molecule has 2 fully saturated rings. The molecule has 1 aromatic heterocycles. The van der Waals surface area contributed by atoms with Crippen molar-refractivity contribution in [3.63, 3.8) is 0 Å². The lowest BCUT2D eigenvalue weighted by atomic mass is 10.0. The van der Waals surface area contributed by atoms with Crippen molar-refractivity contribution in [1.29, 1.82) is 0 Å². The Kier molecular flexibility index (Phi) is 26.8. The van der Waals surface area contributed by atoms with E-state index in [0.29, 0.717) is 69.1 Å². The number of aromatic hydroxyl groups is 2. The summed E-state index contributed by atoms with van der Waals surface area (Å²) in [4.78, 5) is 80.2. The summed E-state index contributed by atoms with van der Waals surface area (Å²) >= 11 is 0. The molecule has 0 radical (unpaired) electrons. The summed E-state index contributed by atoms with van der Waals surface area (Å²) < 4.78 is 22.1. The van der Waals surface area contributed by atoms with E-state index in [4.69, 9.17) is 23.8 Å². The van der Waals surface area contributed by atoms with Crippen LogP contribution in [0.25, 0.3) is 0 Å². The largest absolute Gasteiger partial charge is 0.492 e. The molecule has 0 saturated carbocycles. The number of aliphatic hydroxyl groups is 6. The third-order valence-corrected chi connectivity index (χ3v) is 11.4. The van der Waals surface area contributed by atoms with Crippen LogP contribution in [0.15, 0.2) is 12.1 Å². The number of nitrogens with one attached hydrogen (secondary N) is 5. The van der Waals surface area contributed by atoms with Crippen molar-refractivity contribution in [1.82, 2.24) is 31.3 Å². The highest BCUT2D eigenvalue weighted by Crippen LogP contribution is 2.23. The monoisotopic (exact) mass is 991 g/mol. The molecular weight excluding hydrogens is 917 g/mol. The average Bonchev–Trinajstić information content (AvgIpc) is 3.63. The topological polar surface area (TPSA) is 375 Å². The molecule has 2 aliphatic rings. The first-order valence-electron chi connectivity index (χ1n) is 23.7. The Morgan fingerprint density at radius 1 is 0.536 bits per heavy atom. The maximum Gasteiger partial charge on any atom is 0.333 e. The molecule has 3 heterocycles. The van der Waals surface area contributed by atoms with Crippen LogP contribution in [0.2, 0.25) is 0 Å². The molecule has 11 atom stereocenters. The minimum Gasteiger partial charge on any atom is -0.492 e. The minimum atomic E-state index is -1.46. The van der Waals surface area contributed by atoms with Crippen molar-refractivity contribution < 1.29 is 93.4 Å². The number of aromatic nitrogens is 1. The number of carbonyl (C=O) groups is 6. The van der Waals surface area contributed by atoms with Crippen molar-refractivity contribution in [3.8, 4) is 11.8 Å². The van der Waals surface area contributed by atoms with Gasteiger partial charge in [0.2, 0.25) is 41.3 Å². The number of aliphatic hydroxyl groups excluding tert-OH is 6. The molecule has 5 amide bonds. The Balaban J connectivity index is 1.31. The first-order valence-corrected chi connectivity index (χ1v) is 23.7. The lowest BCUT2D eigenvalue weighted by Gasteiger charge is -2.38. The van der Waals surface area contributed by atoms with E-state index >= 15 is 0 Å². The predicted octanol–water partition coefficient (Wildman–Crippen LogP) is -2.66. The molecule has 0 spiro atoms. The van der Waals surface area contributed by atoms with Gasteiger partial charge in [0.1, 0.15) is 42.7 Å². The highest BCUT2D eigenvalue weighted by Gasteiger charge is 2.43. The highest BCUT2D eigenvalue weighted by molar-refractivity contribution is 5.87. The van der Waals surface area contributed by atoms with Gasteiger partial charge < -0.3 is 91.2 Å². The molecule has 394 valence electrons. The molecule has 3 rings (SSSR count). The zero-order chi connectivity index (χ0) is 50.9. The molecule has 0 aliphatic carbocycles. The third-order valence-electron chi connectivity index (χ3n) is 11.4. The van der Waals surface area contributed by atoms with Crippen LogP contribution in [-0.4, -0.2) is 188 Å². The molecule has 2 aliphatic heterocycles. The number of nitrogens with zero attached hydrogens (tertiary/aromatic N) is 1. The van der Waals surface area contributed by atoms with Crippen molar-refractivity contribution in [2.75, 3.05) is 39.4 Å². The molecular formula is C44H74N6O19. The van der Waals surface area contributed by atoms with E-state index in [1.54, 1.807) is 0 Å². The smallest absolute Gasteiger partial charge is 0.333 e. The number of amides is 5. The summed E-state index contributed by atoms with van der Waals surface area (Å²) in [5.74, 6) is -3.12. The fourth-order valence-corrected chi connectivity index (χ4v) is 7.23. The fourth-order valence-electron chi connectivity index (χ4n) is 7.23. The van der Waals surface area contributed by atoms with Gasteiger partial charge in [-0.15, -0.1) is 4.73 Å². The predicted molar refractivity (Wildman–Crippen MR) is 239 cm³/mol. The maximum absolute atomic E-state index is 13.2. The van der Waals surface area contributed by atoms with Crippen LogP contribution >= 0.6 is 0 Å². The number of hydrogen-bond donors (Lipinski definition) is 13. The molecule has 69 heavy (non-hydrogen) atoms. The van der Waals surface area contributed by atoms with Gasteiger partial charge in [0.15, 0.2) is 12.6 Å². The van der Waals surface area contributed by atoms with E-state index in [9.17, 15) is 69.6 Å². The summed E-state index contributed by atoms with van der Waals surface area (Å²) in [6, 6.07) is 1.44. The van der Waals surface area contributed by atoms with Gasteiger partial charge in [0.25, 0.3) is 0 Å². The van der Waals surface area contributed by atoms with E-state index in [0.717, 1.165) is 12.1 Å². The Bertz CT molecular complexity index is 1720. The summed E-state index contributed by atoms with van der Waals surface area (Å²) in [5, 5.41) is 92.4. The number of ether oxygens (including phenoxy) is 4. The van der Waals surface area contributed by atoms with Gasteiger partial charge in [-0.05, 0) is 71.6 Å². The standard InChI is InChI=1S/C44H74N6O19/c1-26-36(58)38(60)40(62)43(67-26)65-24-22-46-30(52)14-6-5-13-29(51)45-20-11-9-12-28(42(64)48-21-10-3-4-17-35(57)69-50-33(55)18-19-34(50)56)49-32(54)16-8-7-15-31(53)47-23-25-66-44-41(63)39(61)37(59)27(2)68-44/h18-19,26-28,36-41,43-44,55-56,58-63H,3-17,20-25H2,1-2H3,(H,45,51)(H,46,52)(H,47,53)(H,48,64)(H,49,54)/t26-,27-,28-,36+,37+,38+,39+,40-,41-,43+,44+/m0/s1. The minimum absolute atomic E-state index is 0.00233. The van der Waals surface area contributed by atoms with Gasteiger partial charge in [0, 0.05) is 70.4 Å². The molecule has 0 unspecified atom stereocenters. The lowest BCUT2D eigenvalue weighted by molar-refractivity contribution is -0.292. The molecule has 13 N–H and O–H groups in total. The van der Waals surface area contributed by atoms with Crippen LogP contribution in [0, 0.1) is 0 Å². The number of unbranched alkanes of at least 4 members (excludes halogenated alkanes) is 5. The molecule has 1 aromatic rings. The van der Waals surface area contributed by atoms with E-state index in [2.05, 4.69) is 26.6 Å². The van der Waals surface area contributed by atoms with Crippen LogP contribution < -0.4 is 31.4 Å². The summed E-state index contributed by atoms with van der Waals surface area (Å²) in [6.07, 6.45) is -7.29. The van der Waals surface area contributed by atoms with Crippen LogP contribution in [-0.2, 0) is 47.7 Å². The normalized spacial score (nSPS) is 25.0. The third kappa shape index (κ3) is 21.5. The molecule has 2 saturated heterocycles. The summed E-state index contributed by atoms with van der Waals surface area (Å²) in [6.45, 7) is 3.80. The first kappa shape index (κ1) is 58.6. The van der Waals surface area contributed by atoms with Gasteiger partial charge >= 0.3 is 5.97 Å².